The number of rotatable bonds is 6. The van der Waals surface area contributed by atoms with Gasteiger partial charge in [0.1, 0.15) is 11.7 Å². The summed E-state index contributed by atoms with van der Waals surface area (Å²) in [4.78, 5) is 35.6. The highest BCUT2D eigenvalue weighted by molar-refractivity contribution is 5.97. The number of aliphatic hydroxyl groups excluding tert-OH is 1. The van der Waals surface area contributed by atoms with E-state index in [-0.39, 0.29) is 42.4 Å². The van der Waals surface area contributed by atoms with E-state index in [2.05, 4.69) is 16.8 Å². The molecule has 0 spiro atoms. The van der Waals surface area contributed by atoms with Crippen LogP contribution in [-0.4, -0.2) is 96.1 Å². The summed E-state index contributed by atoms with van der Waals surface area (Å²) in [5.41, 5.74) is 1.74. The van der Waals surface area contributed by atoms with Gasteiger partial charge in [-0.2, -0.15) is 0 Å². The van der Waals surface area contributed by atoms with Crippen LogP contribution in [0.3, 0.4) is 0 Å². The predicted octanol–water partition coefficient (Wildman–Crippen LogP) is 1.72. The normalized spacial score (nSPS) is 18.5. The second kappa shape index (κ2) is 11.8. The van der Waals surface area contributed by atoms with Gasteiger partial charge in [0.15, 0.2) is 0 Å². The lowest BCUT2D eigenvalue weighted by atomic mass is 10.00. The summed E-state index contributed by atoms with van der Waals surface area (Å²) in [5, 5.41) is 9.81. The van der Waals surface area contributed by atoms with Crippen LogP contribution >= 0.6 is 0 Å². The molecule has 2 amide bonds. The van der Waals surface area contributed by atoms with E-state index in [1.54, 1.807) is 36.0 Å². The maximum Gasteiger partial charge on any atom is 0.259 e. The number of likely N-dealkylation sites (N-methyl/N-ethyl adjacent to an activating group) is 2. The molecule has 8 heteroatoms. The molecule has 0 unspecified atom stereocenters. The van der Waals surface area contributed by atoms with Crippen molar-refractivity contribution in [2.75, 3.05) is 47.4 Å². The van der Waals surface area contributed by atoms with Crippen LogP contribution in [0.25, 0.3) is 0 Å². The average molecular weight is 479 g/mol. The molecule has 1 aliphatic rings. The number of hydrogen-bond donors (Lipinski definition) is 1. The van der Waals surface area contributed by atoms with Gasteiger partial charge in [0.05, 0.1) is 25.7 Å². The summed E-state index contributed by atoms with van der Waals surface area (Å²) in [7, 11) is 5.44. The van der Waals surface area contributed by atoms with Crippen molar-refractivity contribution in [2.45, 2.75) is 26.0 Å². The topological polar surface area (TPSA) is 86.2 Å². The fourth-order valence-corrected chi connectivity index (χ4v) is 3.82. The minimum atomic E-state index is -0.389. The zero-order chi connectivity index (χ0) is 25.5. The summed E-state index contributed by atoms with van der Waals surface area (Å²) < 4.78 is 6.25. The van der Waals surface area contributed by atoms with Gasteiger partial charge in [-0.25, -0.2) is 4.98 Å². The van der Waals surface area contributed by atoms with Crippen molar-refractivity contribution >= 4 is 11.8 Å². The first-order valence-corrected chi connectivity index (χ1v) is 11.7. The summed E-state index contributed by atoms with van der Waals surface area (Å²) in [5.74, 6) is 5.97. The molecule has 0 radical (unpaired) electrons. The first-order chi connectivity index (χ1) is 16.7. The summed E-state index contributed by atoms with van der Waals surface area (Å²) in [6.07, 6.45) is 1.20. The van der Waals surface area contributed by atoms with Crippen molar-refractivity contribution in [3.8, 4) is 17.7 Å². The van der Waals surface area contributed by atoms with E-state index in [1.165, 1.54) is 0 Å². The van der Waals surface area contributed by atoms with Crippen molar-refractivity contribution in [1.82, 2.24) is 19.7 Å². The number of nitrogens with zero attached hydrogens (tertiary/aromatic N) is 4. The standard InChI is InChI=1S/C27H34N4O4/c1-19-15-31(20(2)18-32)27(34)23-13-22(12-11-21-9-7-6-8-10-21)14-28-26(23)35-24(19)16-30(5)25(33)17-29(3)4/h6-10,13-14,19-20,24,32H,15-18H2,1-5H3/t19-,20-,24-/m0/s1. The van der Waals surface area contributed by atoms with Crippen LogP contribution in [0.15, 0.2) is 42.6 Å². The first-order valence-electron chi connectivity index (χ1n) is 11.7. The number of carbonyl (C=O) groups excluding carboxylic acids is 2. The van der Waals surface area contributed by atoms with Crippen molar-refractivity contribution in [1.29, 1.82) is 0 Å². The molecule has 1 aromatic heterocycles. The number of carbonyl (C=O) groups is 2. The Morgan fingerprint density at radius 2 is 1.91 bits per heavy atom. The fraction of sp³-hybridized carbons (Fsp3) is 0.444. The average Bonchev–Trinajstić information content (AvgIpc) is 2.84. The highest BCUT2D eigenvalue weighted by Gasteiger charge is 2.34. The molecule has 0 saturated heterocycles. The second-order valence-electron chi connectivity index (χ2n) is 9.33. The minimum absolute atomic E-state index is 0.0239. The van der Waals surface area contributed by atoms with E-state index in [1.807, 2.05) is 56.3 Å². The number of aliphatic hydroxyl groups is 1. The molecule has 2 heterocycles. The lowest BCUT2D eigenvalue weighted by Gasteiger charge is -2.37. The lowest BCUT2D eigenvalue weighted by molar-refractivity contribution is -0.132. The SMILES string of the molecule is C[C@H]1CN([C@@H](C)CO)C(=O)c2cc(C#Cc3ccccc3)cnc2O[C@H]1CN(C)C(=O)CN(C)C. The van der Waals surface area contributed by atoms with Crippen LogP contribution in [0, 0.1) is 17.8 Å². The Hall–Kier alpha value is -3.41. The van der Waals surface area contributed by atoms with Crippen LogP contribution in [-0.2, 0) is 4.79 Å². The molecule has 1 N–H and O–H groups in total. The van der Waals surface area contributed by atoms with Crippen molar-refractivity contribution in [2.24, 2.45) is 5.92 Å². The summed E-state index contributed by atoms with van der Waals surface area (Å²) in [6, 6.07) is 10.9. The Morgan fingerprint density at radius 3 is 2.57 bits per heavy atom. The fourth-order valence-electron chi connectivity index (χ4n) is 3.82. The molecule has 186 valence electrons. The van der Waals surface area contributed by atoms with E-state index in [9.17, 15) is 14.7 Å². The van der Waals surface area contributed by atoms with E-state index in [0.717, 1.165) is 5.56 Å². The maximum atomic E-state index is 13.5. The molecule has 0 bridgehead atoms. The first kappa shape index (κ1) is 26.2. The van der Waals surface area contributed by atoms with E-state index in [0.29, 0.717) is 30.8 Å². The molecule has 0 fully saturated rings. The van der Waals surface area contributed by atoms with Gasteiger partial charge in [-0.3, -0.25) is 9.59 Å². The maximum absolute atomic E-state index is 13.5. The van der Waals surface area contributed by atoms with Gasteiger partial charge in [-0.1, -0.05) is 37.0 Å². The number of pyridine rings is 1. The van der Waals surface area contributed by atoms with Gasteiger partial charge in [0.2, 0.25) is 11.8 Å². The lowest BCUT2D eigenvalue weighted by Crippen LogP contribution is -2.51. The zero-order valence-corrected chi connectivity index (χ0v) is 21.1. The molecule has 0 saturated carbocycles. The third-order valence-corrected chi connectivity index (χ3v) is 5.98. The highest BCUT2D eigenvalue weighted by atomic mass is 16.5. The largest absolute Gasteiger partial charge is 0.472 e. The number of aromatic nitrogens is 1. The third kappa shape index (κ3) is 6.81. The quantitative estimate of drug-likeness (QED) is 0.637. The predicted molar refractivity (Wildman–Crippen MR) is 134 cm³/mol. The van der Waals surface area contributed by atoms with Gasteiger partial charge in [0, 0.05) is 36.8 Å². The van der Waals surface area contributed by atoms with E-state index in [4.69, 9.17) is 4.74 Å². The molecule has 8 nitrogen and oxygen atoms in total. The molecule has 1 aromatic carbocycles. The van der Waals surface area contributed by atoms with Crippen LogP contribution in [0.4, 0.5) is 0 Å². The molecule has 1 aliphatic heterocycles. The second-order valence-corrected chi connectivity index (χ2v) is 9.33. The Bertz CT molecular complexity index is 1090. The zero-order valence-electron chi connectivity index (χ0n) is 21.1. The van der Waals surface area contributed by atoms with Crippen molar-refractivity contribution in [3.63, 3.8) is 0 Å². The molecular formula is C27H34N4O4. The Morgan fingerprint density at radius 1 is 1.23 bits per heavy atom. The van der Waals surface area contributed by atoms with Gasteiger partial charge in [-0.15, -0.1) is 0 Å². The van der Waals surface area contributed by atoms with Crippen molar-refractivity contribution in [3.05, 3.63) is 59.3 Å². The van der Waals surface area contributed by atoms with Gasteiger partial charge in [0.25, 0.3) is 5.91 Å². The molecule has 3 rings (SSSR count). The summed E-state index contributed by atoms with van der Waals surface area (Å²) in [6.45, 7) is 4.63. The van der Waals surface area contributed by atoms with E-state index >= 15 is 0 Å². The van der Waals surface area contributed by atoms with Gasteiger partial charge in [-0.05, 0) is 39.2 Å². The number of fused-ring (bicyclic) bond motifs is 1. The Kier molecular flexibility index (Phi) is 8.85. The molecular weight excluding hydrogens is 444 g/mol. The molecule has 3 atom stereocenters. The Labute approximate surface area is 207 Å². The van der Waals surface area contributed by atoms with E-state index < -0.39 is 0 Å². The third-order valence-electron chi connectivity index (χ3n) is 5.98. The minimum Gasteiger partial charge on any atom is -0.472 e. The highest BCUT2D eigenvalue weighted by Crippen LogP contribution is 2.27. The van der Waals surface area contributed by atoms with Crippen LogP contribution in [0.2, 0.25) is 0 Å². The molecule has 35 heavy (non-hydrogen) atoms. The monoisotopic (exact) mass is 478 g/mol. The molecule has 2 aromatic rings. The van der Waals surface area contributed by atoms with Crippen molar-refractivity contribution < 1.29 is 19.4 Å². The van der Waals surface area contributed by atoms with Crippen LogP contribution in [0.5, 0.6) is 5.88 Å². The van der Waals surface area contributed by atoms with Crippen LogP contribution < -0.4 is 4.74 Å². The molecule has 0 aliphatic carbocycles. The Balaban J connectivity index is 1.95. The summed E-state index contributed by atoms with van der Waals surface area (Å²) >= 11 is 0. The number of benzene rings is 1. The number of amides is 2. The smallest absolute Gasteiger partial charge is 0.259 e. The number of hydrogen-bond acceptors (Lipinski definition) is 6. The van der Waals surface area contributed by atoms with Crippen LogP contribution in [0.1, 0.15) is 35.3 Å². The number of ether oxygens (including phenoxy) is 1. The van der Waals surface area contributed by atoms with Gasteiger partial charge < -0.3 is 24.5 Å². The van der Waals surface area contributed by atoms with Gasteiger partial charge >= 0.3 is 0 Å².